The van der Waals surface area contributed by atoms with Gasteiger partial charge in [-0.3, -0.25) is 4.79 Å². The van der Waals surface area contributed by atoms with Gasteiger partial charge in [0.2, 0.25) is 17.5 Å². The van der Waals surface area contributed by atoms with E-state index in [1.807, 2.05) is 0 Å². The first-order chi connectivity index (χ1) is 19.9. The number of aliphatic hydroxyl groups is 6. The zero-order valence-corrected chi connectivity index (χ0v) is 21.9. The average Bonchev–Trinajstić information content (AvgIpc) is 2.95. The molecule has 15 heteroatoms. The van der Waals surface area contributed by atoms with E-state index in [0.29, 0.717) is 0 Å². The molecule has 10 atom stereocenters. The molecule has 1 aromatic heterocycles. The van der Waals surface area contributed by atoms with E-state index in [2.05, 4.69) is 0 Å². The zero-order chi connectivity index (χ0) is 30.5. The summed E-state index contributed by atoms with van der Waals surface area (Å²) in [6, 6.07) is 7.33. The topological polar surface area (TPSA) is 249 Å². The van der Waals surface area contributed by atoms with Crippen molar-refractivity contribution >= 4 is 11.0 Å². The molecule has 42 heavy (non-hydrogen) atoms. The Kier molecular flexibility index (Phi) is 8.30. The summed E-state index contributed by atoms with van der Waals surface area (Å²) in [5, 5.41) is 91.4. The molecule has 2 aliphatic heterocycles. The first-order valence-corrected chi connectivity index (χ1v) is 12.9. The first-order valence-electron chi connectivity index (χ1n) is 12.9. The van der Waals surface area contributed by atoms with E-state index in [4.69, 9.17) is 23.4 Å². The number of phenolic OH excluding ortho intramolecular Hbond substituents is 3. The fourth-order valence-corrected chi connectivity index (χ4v) is 4.79. The number of hydrogen-bond acceptors (Lipinski definition) is 15. The van der Waals surface area contributed by atoms with Gasteiger partial charge < -0.3 is 69.3 Å². The maximum absolute atomic E-state index is 13.5. The van der Waals surface area contributed by atoms with Crippen LogP contribution in [0.3, 0.4) is 0 Å². The minimum absolute atomic E-state index is 0.103. The van der Waals surface area contributed by atoms with Gasteiger partial charge in [-0.1, -0.05) is 0 Å². The van der Waals surface area contributed by atoms with Gasteiger partial charge in [0.1, 0.15) is 70.9 Å². The van der Waals surface area contributed by atoms with E-state index in [1.165, 1.54) is 31.2 Å². The van der Waals surface area contributed by atoms with E-state index in [1.54, 1.807) is 0 Å². The molecule has 3 heterocycles. The van der Waals surface area contributed by atoms with E-state index in [0.717, 1.165) is 12.1 Å². The number of aliphatic hydroxyl groups excluding tert-OH is 6. The number of phenols is 3. The molecule has 0 aliphatic carbocycles. The van der Waals surface area contributed by atoms with Gasteiger partial charge in [0.25, 0.3) is 0 Å². The van der Waals surface area contributed by atoms with Crippen LogP contribution in [0.2, 0.25) is 0 Å². The van der Waals surface area contributed by atoms with Gasteiger partial charge in [-0.25, -0.2) is 0 Å². The summed E-state index contributed by atoms with van der Waals surface area (Å²) in [5.41, 5.74) is -0.956. The lowest BCUT2D eigenvalue weighted by Crippen LogP contribution is -2.61. The van der Waals surface area contributed by atoms with Gasteiger partial charge in [0, 0.05) is 17.7 Å². The highest BCUT2D eigenvalue weighted by atomic mass is 16.7. The average molecular weight is 595 g/mol. The smallest absolute Gasteiger partial charge is 0.239 e. The number of aromatic hydroxyl groups is 3. The Labute approximate surface area is 236 Å². The normalized spacial score (nSPS) is 33.5. The quantitative estimate of drug-likeness (QED) is 0.159. The predicted octanol–water partition coefficient (Wildman–Crippen LogP) is -1.39. The number of ether oxygens (including phenoxy) is 4. The zero-order valence-electron chi connectivity index (χ0n) is 21.9. The molecule has 3 aromatic rings. The molecule has 228 valence electrons. The highest BCUT2D eigenvalue weighted by molar-refractivity contribution is 5.88. The van der Waals surface area contributed by atoms with E-state index in [-0.39, 0.29) is 28.0 Å². The number of benzene rings is 2. The molecule has 0 spiro atoms. The monoisotopic (exact) mass is 594 g/mol. The van der Waals surface area contributed by atoms with Crippen LogP contribution in [-0.2, 0) is 14.2 Å². The minimum atomic E-state index is -1.92. The Balaban J connectivity index is 1.46. The molecule has 2 aliphatic rings. The maximum Gasteiger partial charge on any atom is 0.239 e. The fourth-order valence-electron chi connectivity index (χ4n) is 4.79. The van der Waals surface area contributed by atoms with Crippen molar-refractivity contribution in [3.05, 3.63) is 46.6 Å². The Morgan fingerprint density at radius 2 is 1.40 bits per heavy atom. The molecular weight excluding hydrogens is 564 g/mol. The molecule has 0 bridgehead atoms. The number of hydrogen-bond donors (Lipinski definition) is 9. The standard InChI is InChI=1S/C27H30O15/c1-9-17(31)20(34)22(36)26(39-9)38-8-15-18(32)21(35)23(37)27(41-15)42-25-19(33)16-13(30)6-12(29)7-14(16)40-24(25)10-2-4-11(28)5-3-10/h2-7,9,15,17-18,20-23,26-32,34-37H,8H2,1H3/t9-,15+,17-,18-,20+,21+,22+,23+,26-,27+/m0/s1. The third kappa shape index (κ3) is 5.49. The van der Waals surface area contributed by atoms with E-state index in [9.17, 15) is 50.8 Å². The molecular formula is C27H30O15. The summed E-state index contributed by atoms with van der Waals surface area (Å²) >= 11 is 0. The number of fused-ring (bicyclic) bond motifs is 1. The highest BCUT2D eigenvalue weighted by Crippen LogP contribution is 2.37. The van der Waals surface area contributed by atoms with Gasteiger partial charge >= 0.3 is 0 Å². The molecule has 2 aromatic carbocycles. The molecule has 5 rings (SSSR count). The van der Waals surface area contributed by atoms with Crippen molar-refractivity contribution in [1.82, 2.24) is 0 Å². The van der Waals surface area contributed by atoms with Crippen LogP contribution >= 0.6 is 0 Å². The largest absolute Gasteiger partial charge is 0.508 e. The van der Waals surface area contributed by atoms with Crippen LogP contribution in [0.4, 0.5) is 0 Å². The third-order valence-corrected chi connectivity index (χ3v) is 7.18. The van der Waals surface area contributed by atoms with Gasteiger partial charge in [0.15, 0.2) is 12.1 Å². The van der Waals surface area contributed by atoms with Crippen LogP contribution in [0.1, 0.15) is 6.92 Å². The van der Waals surface area contributed by atoms with Crippen LogP contribution in [0.15, 0.2) is 45.6 Å². The highest BCUT2D eigenvalue weighted by Gasteiger charge is 2.47. The molecule has 0 radical (unpaired) electrons. The summed E-state index contributed by atoms with van der Waals surface area (Å²) in [6.45, 7) is 0.866. The van der Waals surface area contributed by atoms with E-state index >= 15 is 0 Å². The first kappa shape index (κ1) is 30.0. The Morgan fingerprint density at radius 1 is 0.762 bits per heavy atom. The van der Waals surface area contributed by atoms with Crippen LogP contribution in [0, 0.1) is 0 Å². The van der Waals surface area contributed by atoms with Crippen molar-refractivity contribution in [1.29, 1.82) is 0 Å². The van der Waals surface area contributed by atoms with Crippen molar-refractivity contribution in [3.63, 3.8) is 0 Å². The summed E-state index contributed by atoms with van der Waals surface area (Å²) < 4.78 is 28.0. The Bertz CT molecular complexity index is 1470. The second-order valence-corrected chi connectivity index (χ2v) is 10.1. The molecule has 2 saturated heterocycles. The minimum Gasteiger partial charge on any atom is -0.508 e. The van der Waals surface area contributed by atoms with E-state index < -0.39 is 90.7 Å². The molecule has 0 saturated carbocycles. The van der Waals surface area contributed by atoms with Crippen LogP contribution in [0.25, 0.3) is 22.3 Å². The summed E-state index contributed by atoms with van der Waals surface area (Å²) in [4.78, 5) is 13.5. The second kappa shape index (κ2) is 11.6. The molecule has 2 fully saturated rings. The van der Waals surface area contributed by atoms with Gasteiger partial charge in [0.05, 0.1) is 12.7 Å². The summed E-state index contributed by atoms with van der Waals surface area (Å²) in [7, 11) is 0. The lowest BCUT2D eigenvalue weighted by atomic mass is 9.98. The van der Waals surface area contributed by atoms with Gasteiger partial charge in [-0.05, 0) is 31.2 Å². The third-order valence-electron chi connectivity index (χ3n) is 7.18. The summed E-state index contributed by atoms with van der Waals surface area (Å²) in [5.74, 6) is -1.97. The van der Waals surface area contributed by atoms with Crippen LogP contribution in [-0.4, -0.2) is 114 Å². The Hall–Kier alpha value is -3.51. The van der Waals surface area contributed by atoms with Crippen LogP contribution in [0.5, 0.6) is 23.0 Å². The maximum atomic E-state index is 13.5. The summed E-state index contributed by atoms with van der Waals surface area (Å²) in [6.07, 6.45) is -15.8. The fraction of sp³-hybridized carbons (Fsp3) is 0.444. The van der Waals surface area contributed by atoms with Gasteiger partial charge in [-0.2, -0.15) is 0 Å². The SMILES string of the molecule is C[C@@H]1O[C@H](OC[C@H]2O[C@H](Oc3c(-c4ccc(O)cc4)oc4cc(O)cc(O)c4c3=O)[C@H](O)[C@H](O)[C@H]2O)[C@H](O)[C@H](O)[C@H]1O. The molecule has 9 N–H and O–H groups in total. The molecule has 0 unspecified atom stereocenters. The van der Waals surface area contributed by atoms with Crippen molar-refractivity contribution in [2.24, 2.45) is 0 Å². The lowest BCUT2D eigenvalue weighted by molar-refractivity contribution is -0.318. The predicted molar refractivity (Wildman–Crippen MR) is 139 cm³/mol. The van der Waals surface area contributed by atoms with Crippen LogP contribution < -0.4 is 10.2 Å². The number of rotatable bonds is 6. The van der Waals surface area contributed by atoms with Crippen molar-refractivity contribution in [3.8, 4) is 34.3 Å². The van der Waals surface area contributed by atoms with Gasteiger partial charge in [-0.15, -0.1) is 0 Å². The Morgan fingerprint density at radius 3 is 2.10 bits per heavy atom. The molecule has 0 amide bonds. The van der Waals surface area contributed by atoms with Crippen molar-refractivity contribution in [2.45, 2.75) is 68.3 Å². The second-order valence-electron chi connectivity index (χ2n) is 10.1. The molecule has 15 nitrogen and oxygen atoms in total. The van der Waals surface area contributed by atoms with Crippen molar-refractivity contribution < 1.29 is 69.3 Å². The van der Waals surface area contributed by atoms with Crippen molar-refractivity contribution in [2.75, 3.05) is 6.61 Å². The lowest BCUT2D eigenvalue weighted by Gasteiger charge is -2.42.